The zero-order valence-electron chi connectivity index (χ0n) is 31.1. The molecule has 6 heteroatoms. The predicted molar refractivity (Wildman–Crippen MR) is 224 cm³/mol. The van der Waals surface area contributed by atoms with Gasteiger partial charge in [-0.05, 0) is 63.8 Å². The van der Waals surface area contributed by atoms with Gasteiger partial charge in [0.15, 0.2) is 0 Å². The zero-order valence-corrected chi connectivity index (χ0v) is 34.5. The normalized spacial score (nSPS) is 11.4. The second-order valence-electron chi connectivity index (χ2n) is 14.7. The van der Waals surface area contributed by atoms with Crippen LogP contribution in [0.25, 0.3) is 72.4 Å². The smallest absolute Gasteiger partial charge is 0.120 e. The van der Waals surface area contributed by atoms with Crippen LogP contribution in [0.3, 0.4) is 0 Å². The van der Waals surface area contributed by atoms with Crippen molar-refractivity contribution in [2.75, 3.05) is 0 Å². The Labute approximate surface area is 331 Å². The van der Waals surface area contributed by atoms with Crippen molar-refractivity contribution in [1.82, 2.24) is 14.5 Å². The summed E-state index contributed by atoms with van der Waals surface area (Å²) in [5, 5.41) is 3.59. The molecule has 0 aliphatic heterocycles. The number of hydrogen-bond acceptors (Lipinski definition) is 3. The van der Waals surface area contributed by atoms with Crippen molar-refractivity contribution in [2.24, 2.45) is 0 Å². The molecule has 3 heterocycles. The third kappa shape index (κ3) is 7.25. The molecule has 0 aliphatic carbocycles. The Kier molecular flexibility index (Phi) is 10.6. The minimum absolute atomic E-state index is 0. The molecule has 0 amide bonds. The van der Waals surface area contributed by atoms with Crippen molar-refractivity contribution in [3.8, 4) is 39.5 Å². The first-order chi connectivity index (χ1) is 25.8. The van der Waals surface area contributed by atoms with Gasteiger partial charge in [0.1, 0.15) is 5.58 Å². The van der Waals surface area contributed by atoms with Crippen molar-refractivity contribution in [2.45, 2.75) is 39.4 Å². The summed E-state index contributed by atoms with van der Waals surface area (Å²) < 4.78 is 8.41. The Bertz CT molecular complexity index is 2670. The molecule has 0 saturated carbocycles. The molecule has 6 aromatic carbocycles. The van der Waals surface area contributed by atoms with Gasteiger partial charge in [-0.2, -0.15) is 0 Å². The van der Waals surface area contributed by atoms with Crippen molar-refractivity contribution in [3.63, 3.8) is 0 Å². The number of pyridine rings is 1. The zero-order chi connectivity index (χ0) is 36.5. The van der Waals surface area contributed by atoms with E-state index in [-0.39, 0.29) is 20.1 Å². The average molecular weight is 896 g/mol. The molecule has 1 radical (unpaired) electrons. The average Bonchev–Trinajstić information content (AvgIpc) is 3.77. The summed E-state index contributed by atoms with van der Waals surface area (Å²) in [7, 11) is -1.49. The molecule has 0 N–H and O–H groups in total. The molecular weight excluding hydrogens is 855 g/mol. The Balaban J connectivity index is 0.000000165. The Morgan fingerprint density at radius 2 is 1.43 bits per heavy atom. The van der Waals surface area contributed by atoms with Gasteiger partial charge in [0.25, 0.3) is 0 Å². The molecule has 4 nitrogen and oxygen atoms in total. The number of furan rings is 1. The van der Waals surface area contributed by atoms with Gasteiger partial charge in [0.2, 0.25) is 0 Å². The largest absolute Gasteiger partial charge is 0.501 e. The van der Waals surface area contributed by atoms with Gasteiger partial charge in [0, 0.05) is 37.4 Å². The molecular formula is C48H41IrN3OSi-2. The summed E-state index contributed by atoms with van der Waals surface area (Å²) in [6.07, 6.45) is 2.09. The number of imidazole rings is 1. The topological polar surface area (TPSA) is 43.9 Å². The first-order valence-corrected chi connectivity index (χ1v) is 21.7. The van der Waals surface area contributed by atoms with Gasteiger partial charge in [-0.3, -0.25) is 4.98 Å². The standard InChI is InChI=1S/C25H15N2O.C23H26NSi.Ir/c1-2-9-17(10-3-1)27-22-15-6-5-14-21(22)26-25(27)20-13-8-12-19-18-11-4-7-16-23(18)28-24(19)20;1-17(2)18-11-13-19(14-12-18)21-15-22(20-9-7-6-8-10-20)24-16-23(21)25(3,4)5;/h1-12,14-16H;6-9,11-17H,1-5H3;/q2*-1;. The molecule has 0 spiro atoms. The molecule has 0 atom stereocenters. The molecule has 9 rings (SSSR count). The van der Waals surface area contributed by atoms with E-state index in [0.29, 0.717) is 5.92 Å². The van der Waals surface area contributed by atoms with E-state index in [1.165, 1.54) is 21.9 Å². The van der Waals surface area contributed by atoms with E-state index in [4.69, 9.17) is 14.4 Å². The maximum absolute atomic E-state index is 6.24. The molecule has 269 valence electrons. The molecule has 0 bridgehead atoms. The monoisotopic (exact) mass is 896 g/mol. The molecule has 9 aromatic rings. The summed E-state index contributed by atoms with van der Waals surface area (Å²) in [5.41, 5.74) is 11.6. The van der Waals surface area contributed by atoms with Crippen molar-refractivity contribution in [3.05, 3.63) is 169 Å². The Morgan fingerprint density at radius 3 is 2.17 bits per heavy atom. The van der Waals surface area contributed by atoms with Crippen LogP contribution in [0.1, 0.15) is 25.3 Å². The quantitative estimate of drug-likeness (QED) is 0.123. The van der Waals surface area contributed by atoms with Gasteiger partial charge in [0.05, 0.1) is 30.5 Å². The number of aromatic nitrogens is 3. The van der Waals surface area contributed by atoms with Crippen LogP contribution in [-0.4, -0.2) is 22.6 Å². The van der Waals surface area contributed by atoms with Crippen molar-refractivity contribution >= 4 is 46.2 Å². The van der Waals surface area contributed by atoms with Gasteiger partial charge in [-0.15, -0.1) is 54.1 Å². The summed E-state index contributed by atoms with van der Waals surface area (Å²) in [5.74, 6) is 1.38. The molecule has 0 saturated heterocycles. The predicted octanol–water partition coefficient (Wildman–Crippen LogP) is 12.3. The van der Waals surface area contributed by atoms with Gasteiger partial charge in [-0.1, -0.05) is 123 Å². The van der Waals surface area contributed by atoms with Gasteiger partial charge >= 0.3 is 0 Å². The minimum Gasteiger partial charge on any atom is -0.501 e. The third-order valence-electron chi connectivity index (χ3n) is 9.72. The Hall–Kier alpha value is -5.39. The van der Waals surface area contributed by atoms with Gasteiger partial charge in [-0.25, -0.2) is 0 Å². The van der Waals surface area contributed by atoms with Crippen LogP contribution in [0.5, 0.6) is 0 Å². The summed E-state index contributed by atoms with van der Waals surface area (Å²) in [6.45, 7) is 11.6. The second kappa shape index (κ2) is 15.5. The van der Waals surface area contributed by atoms with Crippen LogP contribution in [-0.2, 0) is 20.1 Å². The fraction of sp³-hybridized carbons (Fsp3) is 0.125. The molecule has 3 aromatic heterocycles. The van der Waals surface area contributed by atoms with Crippen LogP contribution in [0.15, 0.2) is 156 Å². The number of rotatable bonds is 6. The molecule has 0 unspecified atom stereocenters. The second-order valence-corrected chi connectivity index (χ2v) is 19.7. The fourth-order valence-corrected chi connectivity index (χ4v) is 8.40. The van der Waals surface area contributed by atoms with Crippen LogP contribution >= 0.6 is 0 Å². The number of hydrogen-bond donors (Lipinski definition) is 0. The SMILES string of the molecule is CC(C)c1ccc(-c2cc(-c3[c-]cccc3)ncc2[Si](C)(C)C)cc1.[Ir].[c-]1ccc2c(oc3ccccc32)c1-c1nc2ccccc2n1-c1ccccc1. The summed E-state index contributed by atoms with van der Waals surface area (Å²) in [6, 6.07) is 56.6. The van der Waals surface area contributed by atoms with E-state index < -0.39 is 8.07 Å². The van der Waals surface area contributed by atoms with E-state index in [2.05, 4.69) is 123 Å². The van der Waals surface area contributed by atoms with E-state index in [0.717, 1.165) is 61.3 Å². The maximum atomic E-state index is 6.24. The molecule has 54 heavy (non-hydrogen) atoms. The van der Waals surface area contributed by atoms with E-state index in [1.807, 2.05) is 78.9 Å². The molecule has 0 aliphatic rings. The van der Waals surface area contributed by atoms with Crippen molar-refractivity contribution in [1.29, 1.82) is 0 Å². The maximum Gasteiger partial charge on any atom is 0.120 e. The van der Waals surface area contributed by atoms with E-state index >= 15 is 0 Å². The number of para-hydroxylation sites is 4. The summed E-state index contributed by atoms with van der Waals surface area (Å²) >= 11 is 0. The van der Waals surface area contributed by atoms with E-state index in [9.17, 15) is 0 Å². The van der Waals surface area contributed by atoms with Crippen LogP contribution < -0.4 is 5.19 Å². The fourth-order valence-electron chi connectivity index (χ4n) is 6.93. The Morgan fingerprint density at radius 1 is 0.704 bits per heavy atom. The van der Waals surface area contributed by atoms with Crippen LogP contribution in [0.4, 0.5) is 0 Å². The third-order valence-corrected chi connectivity index (χ3v) is 11.7. The first kappa shape index (κ1) is 36.9. The van der Waals surface area contributed by atoms with Crippen LogP contribution in [0, 0.1) is 12.1 Å². The summed E-state index contributed by atoms with van der Waals surface area (Å²) in [4.78, 5) is 9.70. The van der Waals surface area contributed by atoms with Crippen LogP contribution in [0.2, 0.25) is 19.6 Å². The number of fused-ring (bicyclic) bond motifs is 4. The molecule has 0 fully saturated rings. The number of benzene rings is 6. The number of nitrogens with zero attached hydrogens (tertiary/aromatic N) is 3. The minimum atomic E-state index is -1.49. The van der Waals surface area contributed by atoms with Gasteiger partial charge < -0.3 is 14.0 Å². The van der Waals surface area contributed by atoms with E-state index in [1.54, 1.807) is 0 Å². The first-order valence-electron chi connectivity index (χ1n) is 18.2. The van der Waals surface area contributed by atoms with Crippen molar-refractivity contribution < 1.29 is 24.5 Å².